The maximum Gasteiger partial charge on any atom is 0.255 e. The van der Waals surface area contributed by atoms with Gasteiger partial charge in [-0.25, -0.2) is 4.39 Å². The number of furan rings is 1. The first-order valence-corrected chi connectivity index (χ1v) is 9.20. The molecule has 130 valence electrons. The van der Waals surface area contributed by atoms with Crippen molar-refractivity contribution in [2.45, 2.75) is 30.3 Å². The van der Waals surface area contributed by atoms with E-state index >= 15 is 0 Å². The number of carbonyl (C=O) groups is 2. The van der Waals surface area contributed by atoms with Crippen molar-refractivity contribution in [2.75, 3.05) is 5.75 Å². The molecule has 2 fully saturated rings. The van der Waals surface area contributed by atoms with Crippen LogP contribution in [0.1, 0.15) is 34.1 Å². The van der Waals surface area contributed by atoms with Crippen LogP contribution in [0.25, 0.3) is 0 Å². The lowest BCUT2D eigenvalue weighted by molar-refractivity contribution is -0.125. The first kappa shape index (κ1) is 16.2. The fourth-order valence-corrected chi connectivity index (χ4v) is 4.30. The molecular formula is C18H17FN2O3S. The molecule has 7 heteroatoms. The van der Waals surface area contributed by atoms with Gasteiger partial charge in [-0.15, -0.1) is 11.8 Å². The minimum Gasteiger partial charge on any atom is -0.472 e. The van der Waals surface area contributed by atoms with E-state index in [0.29, 0.717) is 11.3 Å². The molecule has 2 aliphatic rings. The van der Waals surface area contributed by atoms with Crippen molar-refractivity contribution in [1.29, 1.82) is 0 Å². The Hall–Kier alpha value is -2.28. The molecule has 1 saturated carbocycles. The molecule has 2 aromatic rings. The summed E-state index contributed by atoms with van der Waals surface area (Å²) in [6, 6.07) is 6.87. The summed E-state index contributed by atoms with van der Waals surface area (Å²) in [6.45, 7) is 0. The van der Waals surface area contributed by atoms with Gasteiger partial charge in [0.25, 0.3) is 5.91 Å². The van der Waals surface area contributed by atoms with E-state index in [4.69, 9.17) is 4.42 Å². The molecule has 1 aliphatic heterocycles. The number of thioether (sulfide) groups is 1. The lowest BCUT2D eigenvalue weighted by Gasteiger charge is -2.28. The van der Waals surface area contributed by atoms with Crippen LogP contribution in [-0.2, 0) is 4.79 Å². The van der Waals surface area contributed by atoms with E-state index < -0.39 is 11.9 Å². The quantitative estimate of drug-likeness (QED) is 0.911. The minimum absolute atomic E-state index is 0.128. The van der Waals surface area contributed by atoms with Crippen molar-refractivity contribution in [3.63, 3.8) is 0 Å². The zero-order valence-corrected chi connectivity index (χ0v) is 14.2. The average Bonchev–Trinajstić information content (AvgIpc) is 3.11. The molecule has 0 radical (unpaired) electrons. The number of hydrogen-bond donors (Lipinski definition) is 1. The summed E-state index contributed by atoms with van der Waals surface area (Å²) in [5.41, 5.74) is 1.20. The smallest absolute Gasteiger partial charge is 0.255 e. The number of rotatable bonds is 4. The summed E-state index contributed by atoms with van der Waals surface area (Å²) >= 11 is 1.53. The third kappa shape index (κ3) is 3.28. The van der Waals surface area contributed by atoms with Crippen molar-refractivity contribution in [1.82, 2.24) is 10.2 Å². The second kappa shape index (κ2) is 6.55. The molecule has 2 unspecified atom stereocenters. The highest BCUT2D eigenvalue weighted by atomic mass is 32.2. The highest BCUT2D eigenvalue weighted by Gasteiger charge is 2.43. The molecule has 2 amide bonds. The lowest BCUT2D eigenvalue weighted by atomic mass is 10.1. The molecule has 5 nitrogen and oxygen atoms in total. The van der Waals surface area contributed by atoms with Crippen molar-refractivity contribution >= 4 is 23.6 Å². The Balaban J connectivity index is 1.64. The van der Waals surface area contributed by atoms with E-state index in [1.54, 1.807) is 23.5 Å². The SMILES string of the molecule is O=C(NC1CC1)C1CSC(c2ccoc2)N1C(=O)c1ccc(F)cc1. The predicted molar refractivity (Wildman–Crippen MR) is 91.4 cm³/mol. The molecule has 0 spiro atoms. The Labute approximate surface area is 148 Å². The largest absolute Gasteiger partial charge is 0.472 e. The Kier molecular flexibility index (Phi) is 4.25. The summed E-state index contributed by atoms with van der Waals surface area (Å²) in [5, 5.41) is 2.68. The number of halogens is 1. The third-order valence-electron chi connectivity index (χ3n) is 4.38. The van der Waals surface area contributed by atoms with E-state index in [1.807, 2.05) is 0 Å². The normalized spacial score (nSPS) is 22.8. The Morgan fingerprint density at radius 1 is 1.20 bits per heavy atom. The zero-order valence-electron chi connectivity index (χ0n) is 13.4. The fourth-order valence-electron chi connectivity index (χ4n) is 2.90. The molecule has 1 saturated heterocycles. The van der Waals surface area contributed by atoms with Gasteiger partial charge in [-0.1, -0.05) is 0 Å². The van der Waals surface area contributed by atoms with Gasteiger partial charge in [-0.05, 0) is 43.2 Å². The number of nitrogens with one attached hydrogen (secondary N) is 1. The number of amides is 2. The second-order valence-corrected chi connectivity index (χ2v) is 7.37. The summed E-state index contributed by atoms with van der Waals surface area (Å²) in [7, 11) is 0. The molecule has 0 bridgehead atoms. The molecule has 1 aromatic heterocycles. The maximum absolute atomic E-state index is 13.2. The number of hydrogen-bond acceptors (Lipinski definition) is 4. The van der Waals surface area contributed by atoms with Crippen LogP contribution in [0.3, 0.4) is 0 Å². The fraction of sp³-hybridized carbons (Fsp3) is 0.333. The number of benzene rings is 1. The lowest BCUT2D eigenvalue weighted by Crippen LogP contribution is -2.48. The van der Waals surface area contributed by atoms with E-state index in [9.17, 15) is 14.0 Å². The van der Waals surface area contributed by atoms with Crippen molar-refractivity contribution in [2.24, 2.45) is 0 Å². The summed E-state index contributed by atoms with van der Waals surface area (Å²) in [5.74, 6) is -0.299. The van der Waals surface area contributed by atoms with Crippen LogP contribution in [-0.4, -0.2) is 34.6 Å². The first-order valence-electron chi connectivity index (χ1n) is 8.16. The van der Waals surface area contributed by atoms with Crippen LogP contribution in [0, 0.1) is 5.82 Å². The van der Waals surface area contributed by atoms with Crippen LogP contribution in [0.2, 0.25) is 0 Å². The monoisotopic (exact) mass is 360 g/mol. The van der Waals surface area contributed by atoms with Gasteiger partial charge in [0.15, 0.2) is 0 Å². The first-order chi connectivity index (χ1) is 12.1. The third-order valence-corrected chi connectivity index (χ3v) is 5.70. The Bertz CT molecular complexity index is 774. The van der Waals surface area contributed by atoms with Crippen molar-refractivity contribution < 1.29 is 18.4 Å². The van der Waals surface area contributed by atoms with Gasteiger partial charge in [-0.3, -0.25) is 9.59 Å². The van der Waals surface area contributed by atoms with Gasteiger partial charge in [0, 0.05) is 22.9 Å². The van der Waals surface area contributed by atoms with Crippen LogP contribution >= 0.6 is 11.8 Å². The van der Waals surface area contributed by atoms with E-state index in [-0.39, 0.29) is 23.2 Å². The van der Waals surface area contributed by atoms with Crippen molar-refractivity contribution in [3.05, 3.63) is 59.8 Å². The van der Waals surface area contributed by atoms with Gasteiger partial charge in [0.1, 0.15) is 17.2 Å². The predicted octanol–water partition coefficient (Wildman–Crippen LogP) is 2.95. The highest BCUT2D eigenvalue weighted by Crippen LogP contribution is 2.42. The molecule has 2 atom stereocenters. The maximum atomic E-state index is 13.2. The molecule has 4 rings (SSSR count). The molecule has 1 aliphatic carbocycles. The molecule has 2 heterocycles. The summed E-state index contributed by atoms with van der Waals surface area (Å²) in [4.78, 5) is 27.3. The zero-order chi connectivity index (χ0) is 17.4. The van der Waals surface area contributed by atoms with E-state index in [0.717, 1.165) is 18.4 Å². The number of carbonyl (C=O) groups excluding carboxylic acids is 2. The van der Waals surface area contributed by atoms with Crippen molar-refractivity contribution in [3.8, 4) is 0 Å². The molecule has 1 N–H and O–H groups in total. The Morgan fingerprint density at radius 2 is 1.96 bits per heavy atom. The Morgan fingerprint density at radius 3 is 2.60 bits per heavy atom. The van der Waals surface area contributed by atoms with Crippen LogP contribution < -0.4 is 5.32 Å². The molecule has 25 heavy (non-hydrogen) atoms. The standard InChI is InChI=1S/C18H17FN2O3S/c19-13-3-1-11(2-4-13)17(23)21-15(16(22)20-14-5-6-14)10-25-18(21)12-7-8-24-9-12/h1-4,7-9,14-15,18H,5-6,10H2,(H,20,22). The van der Waals surface area contributed by atoms with Gasteiger partial charge >= 0.3 is 0 Å². The van der Waals surface area contributed by atoms with Gasteiger partial charge in [0.2, 0.25) is 5.91 Å². The molecular weight excluding hydrogens is 343 g/mol. The van der Waals surface area contributed by atoms with E-state index in [2.05, 4.69) is 5.32 Å². The van der Waals surface area contributed by atoms with Crippen LogP contribution in [0.5, 0.6) is 0 Å². The van der Waals surface area contributed by atoms with Gasteiger partial charge < -0.3 is 14.6 Å². The van der Waals surface area contributed by atoms with Gasteiger partial charge in [-0.2, -0.15) is 0 Å². The van der Waals surface area contributed by atoms with Gasteiger partial charge in [0.05, 0.1) is 12.5 Å². The highest BCUT2D eigenvalue weighted by molar-refractivity contribution is 7.99. The minimum atomic E-state index is -0.553. The number of nitrogens with zero attached hydrogens (tertiary/aromatic N) is 1. The average molecular weight is 360 g/mol. The summed E-state index contributed by atoms with van der Waals surface area (Å²) in [6.07, 6.45) is 5.11. The van der Waals surface area contributed by atoms with Crippen LogP contribution in [0.15, 0.2) is 47.3 Å². The van der Waals surface area contributed by atoms with E-state index in [1.165, 1.54) is 36.0 Å². The van der Waals surface area contributed by atoms with Crippen LogP contribution in [0.4, 0.5) is 4.39 Å². The second-order valence-electron chi connectivity index (χ2n) is 6.26. The topological polar surface area (TPSA) is 62.6 Å². The molecule has 1 aromatic carbocycles. The summed E-state index contributed by atoms with van der Waals surface area (Å²) < 4.78 is 18.3.